The molecule has 3 N–H and O–H groups in total. The van der Waals surface area contributed by atoms with Gasteiger partial charge >= 0.3 is 5.97 Å². The summed E-state index contributed by atoms with van der Waals surface area (Å²) < 4.78 is 0. The molecule has 19 heavy (non-hydrogen) atoms. The van der Waals surface area contributed by atoms with Crippen molar-refractivity contribution in [1.82, 2.24) is 10.5 Å². The van der Waals surface area contributed by atoms with Gasteiger partial charge < -0.3 is 4.84 Å². The van der Waals surface area contributed by atoms with Crippen LogP contribution in [0.5, 0.6) is 0 Å². The topological polar surface area (TPSA) is 67.6 Å². The van der Waals surface area contributed by atoms with E-state index in [1.54, 1.807) is 12.1 Å². The van der Waals surface area contributed by atoms with Crippen molar-refractivity contribution in [3.8, 4) is 0 Å². The van der Waals surface area contributed by atoms with Gasteiger partial charge in [-0.1, -0.05) is 18.2 Å². The zero-order valence-corrected chi connectivity index (χ0v) is 10.8. The molecule has 0 radical (unpaired) electrons. The molecule has 3 rings (SSSR count). The SMILES string of the molecule is NNC1CCC2(CC2)N(OC(=O)c2ccccc2)C1. The number of benzene rings is 1. The van der Waals surface area contributed by atoms with Gasteiger partial charge in [0.2, 0.25) is 0 Å². The van der Waals surface area contributed by atoms with E-state index in [0.29, 0.717) is 12.1 Å². The van der Waals surface area contributed by atoms with Gasteiger partial charge in [0.05, 0.1) is 17.6 Å². The van der Waals surface area contributed by atoms with Gasteiger partial charge in [0.15, 0.2) is 0 Å². The van der Waals surface area contributed by atoms with Gasteiger partial charge in [0.25, 0.3) is 0 Å². The molecule has 1 saturated heterocycles. The first-order chi connectivity index (χ1) is 9.23. The van der Waals surface area contributed by atoms with Crippen molar-refractivity contribution in [2.45, 2.75) is 37.3 Å². The Morgan fingerprint density at radius 3 is 2.68 bits per heavy atom. The summed E-state index contributed by atoms with van der Waals surface area (Å²) in [6, 6.07) is 9.28. The third-order valence-corrected chi connectivity index (χ3v) is 4.14. The number of nitrogens with one attached hydrogen (secondary N) is 1. The van der Waals surface area contributed by atoms with E-state index in [9.17, 15) is 4.79 Å². The molecule has 5 nitrogen and oxygen atoms in total. The van der Waals surface area contributed by atoms with Gasteiger partial charge in [-0.25, -0.2) is 4.79 Å². The fourth-order valence-electron chi connectivity index (χ4n) is 2.69. The molecular formula is C14H19N3O2. The van der Waals surface area contributed by atoms with Gasteiger partial charge in [-0.15, -0.1) is 5.06 Å². The molecule has 0 amide bonds. The summed E-state index contributed by atoms with van der Waals surface area (Å²) in [5.74, 6) is 5.21. The number of carbonyl (C=O) groups is 1. The maximum Gasteiger partial charge on any atom is 0.357 e. The number of carbonyl (C=O) groups excluding carboxylic acids is 1. The maximum atomic E-state index is 12.1. The monoisotopic (exact) mass is 261 g/mol. The van der Waals surface area contributed by atoms with Crippen LogP contribution in [-0.2, 0) is 4.84 Å². The lowest BCUT2D eigenvalue weighted by molar-refractivity contribution is -0.166. The van der Waals surface area contributed by atoms with Crippen LogP contribution in [0.2, 0.25) is 0 Å². The Balaban J connectivity index is 1.69. The second kappa shape index (κ2) is 4.92. The van der Waals surface area contributed by atoms with E-state index in [1.165, 1.54) is 0 Å². The number of nitrogens with two attached hydrogens (primary N) is 1. The first kappa shape index (κ1) is 12.6. The van der Waals surface area contributed by atoms with Crippen molar-refractivity contribution in [2.24, 2.45) is 5.84 Å². The lowest BCUT2D eigenvalue weighted by atomic mass is 9.99. The largest absolute Gasteiger partial charge is 0.363 e. The highest BCUT2D eigenvalue weighted by molar-refractivity contribution is 5.89. The normalized spacial score (nSPS) is 25.2. The zero-order valence-electron chi connectivity index (χ0n) is 10.8. The summed E-state index contributed by atoms with van der Waals surface area (Å²) in [5.41, 5.74) is 3.45. The summed E-state index contributed by atoms with van der Waals surface area (Å²) in [5, 5.41) is 1.84. The first-order valence-electron chi connectivity index (χ1n) is 6.75. The molecule has 5 heteroatoms. The molecule has 102 valence electrons. The van der Waals surface area contributed by atoms with Crippen molar-refractivity contribution in [2.75, 3.05) is 6.54 Å². The molecule has 1 saturated carbocycles. The average Bonchev–Trinajstić information content (AvgIpc) is 3.23. The number of hydrogen-bond acceptors (Lipinski definition) is 5. The van der Waals surface area contributed by atoms with Crippen molar-refractivity contribution < 1.29 is 9.63 Å². The van der Waals surface area contributed by atoms with E-state index in [4.69, 9.17) is 10.7 Å². The third kappa shape index (κ3) is 2.49. The van der Waals surface area contributed by atoms with E-state index in [1.807, 2.05) is 23.3 Å². The summed E-state index contributed by atoms with van der Waals surface area (Å²) in [4.78, 5) is 17.7. The van der Waals surface area contributed by atoms with Crippen molar-refractivity contribution in [1.29, 1.82) is 0 Å². The third-order valence-electron chi connectivity index (χ3n) is 4.14. The molecule has 1 aliphatic carbocycles. The smallest absolute Gasteiger partial charge is 0.357 e. The highest BCUT2D eigenvalue weighted by Gasteiger charge is 2.53. The van der Waals surface area contributed by atoms with Gasteiger partial charge in [-0.2, -0.15) is 0 Å². The Labute approximate surface area is 112 Å². The van der Waals surface area contributed by atoms with E-state index >= 15 is 0 Å². The maximum absolute atomic E-state index is 12.1. The van der Waals surface area contributed by atoms with E-state index in [-0.39, 0.29) is 17.6 Å². The molecule has 1 aromatic carbocycles. The summed E-state index contributed by atoms with van der Waals surface area (Å²) >= 11 is 0. The summed E-state index contributed by atoms with van der Waals surface area (Å²) in [7, 11) is 0. The lowest BCUT2D eigenvalue weighted by Gasteiger charge is -2.38. The molecule has 1 spiro atoms. The quantitative estimate of drug-likeness (QED) is 0.632. The molecule has 1 atom stereocenters. The highest BCUT2D eigenvalue weighted by atomic mass is 16.7. The first-order valence-corrected chi connectivity index (χ1v) is 6.75. The molecule has 1 unspecified atom stereocenters. The Hall–Kier alpha value is -1.43. The summed E-state index contributed by atoms with van der Waals surface area (Å²) in [6.45, 7) is 0.662. The fraction of sp³-hybridized carbons (Fsp3) is 0.500. The van der Waals surface area contributed by atoms with Gasteiger partial charge in [0, 0.05) is 6.04 Å². The standard InChI is InChI=1S/C14H19N3O2/c15-16-12-6-7-14(8-9-14)17(10-12)19-13(18)11-4-2-1-3-5-11/h1-5,12,16H,6-10,15H2. The predicted molar refractivity (Wildman–Crippen MR) is 70.9 cm³/mol. The van der Waals surface area contributed by atoms with Gasteiger partial charge in [0.1, 0.15) is 0 Å². The number of rotatable bonds is 3. The van der Waals surface area contributed by atoms with Crippen molar-refractivity contribution >= 4 is 5.97 Å². The number of hydrogen-bond donors (Lipinski definition) is 2. The van der Waals surface area contributed by atoms with Crippen LogP contribution in [0.3, 0.4) is 0 Å². The predicted octanol–water partition coefficient (Wildman–Crippen LogP) is 1.22. The Morgan fingerprint density at radius 2 is 2.05 bits per heavy atom. The van der Waals surface area contributed by atoms with Crippen molar-refractivity contribution in [3.63, 3.8) is 0 Å². The molecule has 1 aromatic rings. The second-order valence-electron chi connectivity index (χ2n) is 5.43. The van der Waals surface area contributed by atoms with Crippen molar-refractivity contribution in [3.05, 3.63) is 35.9 Å². The van der Waals surface area contributed by atoms with Crippen LogP contribution in [0.15, 0.2) is 30.3 Å². The number of hydrazine groups is 1. The minimum absolute atomic E-state index is 0.0811. The minimum atomic E-state index is -0.287. The fourth-order valence-corrected chi connectivity index (χ4v) is 2.69. The molecular weight excluding hydrogens is 242 g/mol. The Bertz CT molecular complexity index is 459. The van der Waals surface area contributed by atoms with E-state index in [0.717, 1.165) is 25.7 Å². The minimum Gasteiger partial charge on any atom is -0.363 e. The van der Waals surface area contributed by atoms with Crippen LogP contribution in [0.25, 0.3) is 0 Å². The lowest BCUT2D eigenvalue weighted by Crippen LogP contribution is -2.53. The highest BCUT2D eigenvalue weighted by Crippen LogP contribution is 2.48. The average molecular weight is 261 g/mol. The number of hydroxylamine groups is 2. The van der Waals surface area contributed by atoms with E-state index < -0.39 is 0 Å². The number of piperidine rings is 1. The molecule has 2 fully saturated rings. The Morgan fingerprint density at radius 1 is 1.32 bits per heavy atom. The molecule has 0 aromatic heterocycles. The van der Waals surface area contributed by atoms with Crippen LogP contribution in [0, 0.1) is 0 Å². The van der Waals surface area contributed by atoms with Crippen LogP contribution in [0.1, 0.15) is 36.0 Å². The second-order valence-corrected chi connectivity index (χ2v) is 5.43. The molecule has 0 bridgehead atoms. The van der Waals surface area contributed by atoms with Crippen LogP contribution in [-0.4, -0.2) is 29.2 Å². The van der Waals surface area contributed by atoms with Crippen LogP contribution in [0.4, 0.5) is 0 Å². The number of nitrogens with zero attached hydrogens (tertiary/aromatic N) is 1. The van der Waals surface area contributed by atoms with E-state index in [2.05, 4.69) is 5.43 Å². The summed E-state index contributed by atoms with van der Waals surface area (Å²) in [6.07, 6.45) is 4.28. The zero-order chi connectivity index (χ0) is 13.3. The van der Waals surface area contributed by atoms with Crippen LogP contribution >= 0.6 is 0 Å². The molecule has 1 heterocycles. The van der Waals surface area contributed by atoms with Gasteiger partial charge in [-0.05, 0) is 37.8 Å². The van der Waals surface area contributed by atoms with Gasteiger partial charge in [-0.3, -0.25) is 11.3 Å². The van der Waals surface area contributed by atoms with Crippen LogP contribution < -0.4 is 11.3 Å². The molecule has 2 aliphatic rings. The molecule has 1 aliphatic heterocycles. The Kier molecular flexibility index (Phi) is 3.26.